The van der Waals surface area contributed by atoms with Crippen molar-refractivity contribution in [2.24, 2.45) is 0 Å². The first-order chi connectivity index (χ1) is 11.6. The summed E-state index contributed by atoms with van der Waals surface area (Å²) in [7, 11) is 0. The number of carbonyl (C=O) groups is 1. The van der Waals surface area contributed by atoms with E-state index >= 15 is 0 Å². The molecule has 0 aliphatic carbocycles. The number of hydrogen-bond donors (Lipinski definition) is 5. The van der Waals surface area contributed by atoms with Gasteiger partial charge in [0, 0.05) is 6.42 Å². The molecule has 136 valence electrons. The first-order valence-corrected chi connectivity index (χ1v) is 8.28. The molecule has 7 heteroatoms. The molecule has 0 radical (unpaired) electrons. The number of unbranched alkanes of at least 4 members (excludes halogenated alkanes) is 2. The summed E-state index contributed by atoms with van der Waals surface area (Å²) in [6.07, 6.45) is 1.08. The lowest BCUT2D eigenvalue weighted by molar-refractivity contribution is -0.137. The normalized spacial score (nSPS) is 13.6. The second-order valence-corrected chi connectivity index (χ2v) is 5.57. The number of benzene rings is 1. The van der Waals surface area contributed by atoms with Crippen LogP contribution in [0.25, 0.3) is 0 Å². The molecule has 1 rings (SSSR count). The molecule has 0 saturated carbocycles. The van der Waals surface area contributed by atoms with E-state index in [1.54, 1.807) is 0 Å². The van der Waals surface area contributed by atoms with Crippen molar-refractivity contribution in [3.8, 4) is 0 Å². The lowest BCUT2D eigenvalue weighted by Gasteiger charge is -2.14. The Balaban J connectivity index is 1.91. The van der Waals surface area contributed by atoms with Crippen molar-refractivity contribution in [3.05, 3.63) is 35.9 Å². The van der Waals surface area contributed by atoms with Gasteiger partial charge in [0.1, 0.15) is 6.23 Å². The highest BCUT2D eigenvalue weighted by Crippen LogP contribution is 2.02. The third-order valence-corrected chi connectivity index (χ3v) is 3.43. The summed E-state index contributed by atoms with van der Waals surface area (Å²) in [5.74, 6) is -0.907. The molecule has 1 aromatic carbocycles. The van der Waals surface area contributed by atoms with Crippen molar-refractivity contribution >= 4 is 5.97 Å². The topological polar surface area (TPSA) is 111 Å². The third-order valence-electron chi connectivity index (χ3n) is 3.43. The second kappa shape index (κ2) is 12.9. The summed E-state index contributed by atoms with van der Waals surface area (Å²) in [5.41, 5.74) is 1.01. The quantitative estimate of drug-likeness (QED) is 0.254. The van der Waals surface area contributed by atoms with Gasteiger partial charge in [0.2, 0.25) is 6.41 Å². The molecule has 0 aliphatic rings. The minimum atomic E-state index is -0.985. The molecule has 0 fully saturated rings. The number of ether oxygens (including phenoxy) is 1. The zero-order valence-corrected chi connectivity index (χ0v) is 13.9. The molecule has 0 aromatic heterocycles. The van der Waals surface area contributed by atoms with Crippen LogP contribution in [-0.2, 0) is 16.1 Å². The SMILES string of the molecule is O=C(O)CC[C@H](O)NCCCCCN[C@H](O)OCc1ccccc1. The van der Waals surface area contributed by atoms with Gasteiger partial charge in [-0.1, -0.05) is 36.8 Å². The first-order valence-electron chi connectivity index (χ1n) is 8.28. The van der Waals surface area contributed by atoms with Crippen molar-refractivity contribution in [1.29, 1.82) is 0 Å². The zero-order valence-electron chi connectivity index (χ0n) is 13.9. The number of carboxylic acids is 1. The van der Waals surface area contributed by atoms with Gasteiger partial charge in [-0.2, -0.15) is 0 Å². The van der Waals surface area contributed by atoms with E-state index in [-0.39, 0.29) is 12.8 Å². The van der Waals surface area contributed by atoms with Crippen LogP contribution in [0.15, 0.2) is 30.3 Å². The molecule has 0 amide bonds. The smallest absolute Gasteiger partial charge is 0.303 e. The predicted molar refractivity (Wildman–Crippen MR) is 90.0 cm³/mol. The van der Waals surface area contributed by atoms with Crippen LogP contribution in [0.4, 0.5) is 0 Å². The predicted octanol–water partition coefficient (Wildman–Crippen LogP) is 1.01. The number of carboxylic acid groups (broad SMARTS) is 1. The third kappa shape index (κ3) is 11.1. The van der Waals surface area contributed by atoms with Crippen LogP contribution in [0.1, 0.15) is 37.7 Å². The second-order valence-electron chi connectivity index (χ2n) is 5.57. The highest BCUT2D eigenvalue weighted by molar-refractivity contribution is 5.66. The molecule has 0 heterocycles. The molecule has 24 heavy (non-hydrogen) atoms. The monoisotopic (exact) mass is 340 g/mol. The van der Waals surface area contributed by atoms with Crippen LogP contribution in [0.3, 0.4) is 0 Å². The van der Waals surface area contributed by atoms with Gasteiger partial charge >= 0.3 is 5.97 Å². The fourth-order valence-electron chi connectivity index (χ4n) is 2.09. The van der Waals surface area contributed by atoms with Crippen molar-refractivity contribution in [2.75, 3.05) is 13.1 Å². The van der Waals surface area contributed by atoms with Gasteiger partial charge in [-0.3, -0.25) is 15.4 Å². The highest BCUT2D eigenvalue weighted by atomic mass is 16.6. The molecular formula is C17H28N2O5. The van der Waals surface area contributed by atoms with E-state index in [2.05, 4.69) is 10.6 Å². The molecule has 0 spiro atoms. The fraction of sp³-hybridized carbons (Fsp3) is 0.588. The number of aliphatic carboxylic acids is 1. The van der Waals surface area contributed by atoms with Gasteiger partial charge < -0.3 is 20.1 Å². The van der Waals surface area contributed by atoms with E-state index in [9.17, 15) is 15.0 Å². The molecule has 7 nitrogen and oxygen atoms in total. The Morgan fingerprint density at radius 1 is 1.04 bits per heavy atom. The minimum absolute atomic E-state index is 0.0427. The van der Waals surface area contributed by atoms with Crippen LogP contribution in [-0.4, -0.2) is 47.0 Å². The molecule has 0 unspecified atom stereocenters. The maximum Gasteiger partial charge on any atom is 0.303 e. The lowest BCUT2D eigenvalue weighted by atomic mass is 10.2. The standard InChI is InChI=1S/C17H28N2O5/c20-15(9-10-16(21)22)18-11-5-2-6-12-19-17(23)24-13-14-7-3-1-4-8-14/h1,3-4,7-8,15,17-20,23H,2,5-6,9-13H2,(H,21,22)/t15-,17+/m0/s1. The van der Waals surface area contributed by atoms with Crippen LogP contribution in [0.2, 0.25) is 0 Å². The van der Waals surface area contributed by atoms with E-state index < -0.39 is 18.6 Å². The van der Waals surface area contributed by atoms with Gasteiger partial charge in [-0.15, -0.1) is 0 Å². The van der Waals surface area contributed by atoms with Crippen LogP contribution in [0, 0.1) is 0 Å². The Morgan fingerprint density at radius 2 is 1.71 bits per heavy atom. The van der Waals surface area contributed by atoms with Crippen LogP contribution >= 0.6 is 0 Å². The average Bonchev–Trinajstić information content (AvgIpc) is 2.58. The number of nitrogens with one attached hydrogen (secondary N) is 2. The maximum absolute atomic E-state index is 10.4. The molecule has 5 N–H and O–H groups in total. The molecule has 0 saturated heterocycles. The van der Waals surface area contributed by atoms with Gasteiger partial charge in [0.25, 0.3) is 0 Å². The zero-order chi connectivity index (χ0) is 17.6. The van der Waals surface area contributed by atoms with Gasteiger partial charge in [-0.05, 0) is 37.9 Å². The summed E-state index contributed by atoms with van der Waals surface area (Å²) < 4.78 is 5.28. The summed E-state index contributed by atoms with van der Waals surface area (Å²) in [6.45, 7) is 1.62. The average molecular weight is 340 g/mol. The number of aliphatic hydroxyl groups excluding tert-OH is 2. The molecule has 0 bridgehead atoms. The van der Waals surface area contributed by atoms with E-state index in [0.717, 1.165) is 24.8 Å². The Bertz CT molecular complexity index is 444. The molecule has 2 atom stereocenters. The number of hydrogen-bond acceptors (Lipinski definition) is 6. The van der Waals surface area contributed by atoms with Crippen molar-refractivity contribution in [2.45, 2.75) is 51.4 Å². The minimum Gasteiger partial charge on any atom is -0.481 e. The van der Waals surface area contributed by atoms with Crippen molar-refractivity contribution in [1.82, 2.24) is 10.6 Å². The Morgan fingerprint density at radius 3 is 2.38 bits per heavy atom. The Kier molecular flexibility index (Phi) is 11.0. The Labute approximate surface area is 142 Å². The van der Waals surface area contributed by atoms with Crippen molar-refractivity contribution in [3.63, 3.8) is 0 Å². The Hall–Kier alpha value is -1.51. The summed E-state index contributed by atoms with van der Waals surface area (Å²) in [6, 6.07) is 9.64. The van der Waals surface area contributed by atoms with Crippen LogP contribution in [0.5, 0.6) is 0 Å². The number of rotatable bonds is 14. The summed E-state index contributed by atoms with van der Waals surface area (Å²) in [5, 5.41) is 33.4. The molecule has 0 aliphatic heterocycles. The molecular weight excluding hydrogens is 312 g/mol. The van der Waals surface area contributed by atoms with Crippen LogP contribution < -0.4 is 10.6 Å². The lowest BCUT2D eigenvalue weighted by Crippen LogP contribution is -2.32. The summed E-state index contributed by atoms with van der Waals surface area (Å²) >= 11 is 0. The summed E-state index contributed by atoms with van der Waals surface area (Å²) in [4.78, 5) is 10.4. The first kappa shape index (κ1) is 20.5. The largest absolute Gasteiger partial charge is 0.481 e. The molecule has 1 aromatic rings. The van der Waals surface area contributed by atoms with Gasteiger partial charge in [0.15, 0.2) is 0 Å². The van der Waals surface area contributed by atoms with E-state index in [1.807, 2.05) is 30.3 Å². The fourth-order valence-corrected chi connectivity index (χ4v) is 2.09. The van der Waals surface area contributed by atoms with Gasteiger partial charge in [-0.25, -0.2) is 0 Å². The van der Waals surface area contributed by atoms with Gasteiger partial charge in [0.05, 0.1) is 6.61 Å². The van der Waals surface area contributed by atoms with Crippen molar-refractivity contribution < 1.29 is 24.9 Å². The van der Waals surface area contributed by atoms with E-state index in [0.29, 0.717) is 19.7 Å². The maximum atomic E-state index is 10.4. The highest BCUT2D eigenvalue weighted by Gasteiger charge is 2.06. The number of aliphatic hydroxyl groups is 2. The van der Waals surface area contributed by atoms with E-state index in [4.69, 9.17) is 9.84 Å². The van der Waals surface area contributed by atoms with E-state index in [1.165, 1.54) is 0 Å².